The third-order valence-electron chi connectivity index (χ3n) is 5.26. The predicted octanol–water partition coefficient (Wildman–Crippen LogP) is -0.435. The number of phenols is 2. The number of hydrogen-bond donors (Lipinski definition) is 4. The fraction of sp³-hybridized carbons (Fsp3) is 0.471. The van der Waals surface area contributed by atoms with Crippen molar-refractivity contribution >= 4 is 27.8 Å². The maximum Gasteiger partial charge on any atom is 0.407 e. The predicted molar refractivity (Wildman–Crippen MR) is 96.8 cm³/mol. The number of fused-ring (bicyclic) bond motifs is 1. The molecular weight excluding hydrogens is 408 g/mol. The quantitative estimate of drug-likeness (QED) is 0.346. The van der Waals surface area contributed by atoms with Gasteiger partial charge in [0.15, 0.2) is 27.4 Å². The molecule has 2 aliphatic heterocycles. The average Bonchev–Trinajstić information content (AvgIpc) is 2.78. The second kappa shape index (κ2) is 7.10. The molecule has 2 aliphatic rings. The Morgan fingerprint density at radius 1 is 1.31 bits per heavy atom. The van der Waals surface area contributed by atoms with Gasteiger partial charge in [0.2, 0.25) is 5.91 Å². The Bertz CT molecular complexity index is 977. The molecule has 0 aromatic heterocycles. The van der Waals surface area contributed by atoms with Crippen molar-refractivity contribution in [2.75, 3.05) is 13.2 Å². The third kappa shape index (κ3) is 3.33. The molecule has 0 bridgehead atoms. The van der Waals surface area contributed by atoms with Crippen LogP contribution in [-0.2, 0) is 30.6 Å². The van der Waals surface area contributed by atoms with Crippen LogP contribution in [0.2, 0.25) is 0 Å². The number of aliphatic carboxylic acids is 1. The molecule has 0 aliphatic carbocycles. The van der Waals surface area contributed by atoms with Gasteiger partial charge < -0.3 is 30.3 Å². The molecule has 2 heterocycles. The van der Waals surface area contributed by atoms with E-state index in [4.69, 9.17) is 4.74 Å². The number of hydrogen-bond acceptors (Lipinski definition) is 8. The Balaban J connectivity index is 1.60. The normalized spacial score (nSPS) is 27.1. The van der Waals surface area contributed by atoms with Crippen molar-refractivity contribution in [2.24, 2.45) is 0 Å². The first-order valence-corrected chi connectivity index (χ1v) is 10.2. The first-order valence-electron chi connectivity index (χ1n) is 8.68. The molecular formula is C17H20N2O9S. The second-order valence-corrected chi connectivity index (χ2v) is 9.70. The van der Waals surface area contributed by atoms with Gasteiger partial charge in [0.25, 0.3) is 0 Å². The Morgan fingerprint density at radius 2 is 2.00 bits per heavy atom. The minimum Gasteiger partial charge on any atom is -0.504 e. The van der Waals surface area contributed by atoms with Crippen molar-refractivity contribution in [3.05, 3.63) is 23.8 Å². The van der Waals surface area contributed by atoms with Gasteiger partial charge in [0.1, 0.15) is 16.7 Å². The maximum atomic E-state index is 12.7. The van der Waals surface area contributed by atoms with E-state index in [1.54, 1.807) is 6.07 Å². The number of aromatic hydroxyl groups is 2. The van der Waals surface area contributed by atoms with Crippen LogP contribution in [0.5, 0.6) is 11.5 Å². The number of sulfone groups is 1. The molecule has 11 nitrogen and oxygen atoms in total. The molecule has 3 atom stereocenters. The molecule has 3 unspecified atom stereocenters. The summed E-state index contributed by atoms with van der Waals surface area (Å²) in [7, 11) is -4.06. The highest BCUT2D eigenvalue weighted by Gasteiger charge is 2.70. The monoisotopic (exact) mass is 428 g/mol. The number of carboxylic acids is 1. The van der Waals surface area contributed by atoms with Crippen molar-refractivity contribution in [1.82, 2.24) is 10.2 Å². The van der Waals surface area contributed by atoms with Crippen LogP contribution >= 0.6 is 0 Å². The maximum absolute atomic E-state index is 12.7. The lowest BCUT2D eigenvalue weighted by Crippen LogP contribution is -2.58. The van der Waals surface area contributed by atoms with E-state index < -0.39 is 50.6 Å². The fourth-order valence-electron chi connectivity index (χ4n) is 3.57. The SMILES string of the molecule is CC1(COC(=O)NCCc2ccc(O)c(O)c2)C(C(=O)O)N2C(=O)CC2S1(=O)=O. The largest absolute Gasteiger partial charge is 0.504 e. The zero-order chi connectivity index (χ0) is 21.6. The zero-order valence-electron chi connectivity index (χ0n) is 15.4. The number of phenolic OH excluding ortho intramolecular Hbond substituents is 2. The van der Waals surface area contributed by atoms with Gasteiger partial charge in [-0.2, -0.15) is 0 Å². The van der Waals surface area contributed by atoms with E-state index in [-0.39, 0.29) is 24.5 Å². The summed E-state index contributed by atoms with van der Waals surface area (Å²) in [4.78, 5) is 36.1. The second-order valence-electron chi connectivity index (χ2n) is 7.13. The first-order chi connectivity index (χ1) is 13.5. The zero-order valence-corrected chi connectivity index (χ0v) is 16.2. The van der Waals surface area contributed by atoms with Crippen LogP contribution in [0.25, 0.3) is 0 Å². The summed E-state index contributed by atoms with van der Waals surface area (Å²) in [6, 6.07) is 2.54. The van der Waals surface area contributed by atoms with Crippen LogP contribution in [0.1, 0.15) is 18.9 Å². The summed E-state index contributed by atoms with van der Waals surface area (Å²) < 4.78 is 28.4. The van der Waals surface area contributed by atoms with E-state index in [1.807, 2.05) is 0 Å². The number of ether oxygens (including phenoxy) is 1. The Kier molecular flexibility index (Phi) is 5.07. The van der Waals surface area contributed by atoms with Crippen LogP contribution < -0.4 is 5.32 Å². The van der Waals surface area contributed by atoms with Crippen LogP contribution in [0.4, 0.5) is 4.79 Å². The smallest absolute Gasteiger partial charge is 0.407 e. The van der Waals surface area contributed by atoms with E-state index in [0.29, 0.717) is 12.0 Å². The summed E-state index contributed by atoms with van der Waals surface area (Å²) in [6.07, 6.45) is -0.942. The van der Waals surface area contributed by atoms with Crippen molar-refractivity contribution in [2.45, 2.75) is 35.9 Å². The van der Waals surface area contributed by atoms with Gasteiger partial charge in [-0.15, -0.1) is 0 Å². The lowest BCUT2D eigenvalue weighted by molar-refractivity contribution is -0.158. The number of nitrogens with one attached hydrogen (secondary N) is 1. The molecule has 158 valence electrons. The van der Waals surface area contributed by atoms with E-state index in [1.165, 1.54) is 12.1 Å². The van der Waals surface area contributed by atoms with Gasteiger partial charge in [-0.3, -0.25) is 4.79 Å². The lowest BCUT2D eigenvalue weighted by atomic mass is 9.97. The number of benzene rings is 1. The molecule has 1 aromatic rings. The van der Waals surface area contributed by atoms with Gasteiger partial charge in [0.05, 0.1) is 6.42 Å². The number of nitrogens with zero attached hydrogens (tertiary/aromatic N) is 1. The minimum atomic E-state index is -4.06. The molecule has 29 heavy (non-hydrogen) atoms. The number of rotatable bonds is 6. The van der Waals surface area contributed by atoms with E-state index >= 15 is 0 Å². The number of carboxylic acid groups (broad SMARTS) is 1. The molecule has 3 rings (SSSR count). The third-order valence-corrected chi connectivity index (χ3v) is 8.01. The number of carbonyl (C=O) groups is 3. The van der Waals surface area contributed by atoms with Crippen molar-refractivity contribution < 1.29 is 42.9 Å². The van der Waals surface area contributed by atoms with E-state index in [2.05, 4.69) is 5.32 Å². The van der Waals surface area contributed by atoms with Crippen molar-refractivity contribution in [1.29, 1.82) is 0 Å². The molecule has 2 saturated heterocycles. The van der Waals surface area contributed by atoms with Crippen LogP contribution in [-0.4, -0.2) is 75.9 Å². The lowest BCUT2D eigenvalue weighted by Gasteiger charge is -2.35. The number of amides is 2. The molecule has 12 heteroatoms. The molecule has 4 N–H and O–H groups in total. The van der Waals surface area contributed by atoms with Crippen LogP contribution in [0, 0.1) is 0 Å². The minimum absolute atomic E-state index is 0.0854. The van der Waals surface area contributed by atoms with Crippen LogP contribution in [0.3, 0.4) is 0 Å². The Hall–Kier alpha value is -3.02. The summed E-state index contributed by atoms with van der Waals surface area (Å²) in [5, 5.41) is 29.3. The van der Waals surface area contributed by atoms with E-state index in [9.17, 15) is 38.1 Å². The fourth-order valence-corrected chi connectivity index (χ4v) is 5.84. The average molecular weight is 428 g/mol. The molecule has 0 spiro atoms. The highest BCUT2D eigenvalue weighted by Crippen LogP contribution is 2.46. The highest BCUT2D eigenvalue weighted by molar-refractivity contribution is 7.94. The van der Waals surface area contributed by atoms with Crippen molar-refractivity contribution in [3.8, 4) is 11.5 Å². The van der Waals surface area contributed by atoms with Gasteiger partial charge in [-0.05, 0) is 31.0 Å². The van der Waals surface area contributed by atoms with Gasteiger partial charge >= 0.3 is 12.1 Å². The Morgan fingerprint density at radius 3 is 2.59 bits per heavy atom. The summed E-state index contributed by atoms with van der Waals surface area (Å²) >= 11 is 0. The number of alkyl carbamates (subject to hydrolysis) is 1. The highest BCUT2D eigenvalue weighted by atomic mass is 32.2. The summed E-state index contributed by atoms with van der Waals surface area (Å²) in [6.45, 7) is 0.514. The summed E-state index contributed by atoms with van der Waals surface area (Å²) in [5.41, 5.74) is 0.625. The standard InChI is InChI=1S/C17H20N2O9S/c1-17(14(15(23)24)19-12(22)7-13(19)29(17,26)27)8-28-16(25)18-5-4-9-2-3-10(20)11(21)6-9/h2-3,6,13-14,20-21H,4-5,7-8H2,1H3,(H,18,25)(H,23,24). The van der Waals surface area contributed by atoms with E-state index in [0.717, 1.165) is 11.8 Å². The molecule has 0 radical (unpaired) electrons. The van der Waals surface area contributed by atoms with Gasteiger partial charge in [-0.25, -0.2) is 18.0 Å². The number of carbonyl (C=O) groups excluding carboxylic acids is 2. The molecule has 2 amide bonds. The van der Waals surface area contributed by atoms with Gasteiger partial charge in [0, 0.05) is 6.54 Å². The molecule has 0 saturated carbocycles. The van der Waals surface area contributed by atoms with Crippen LogP contribution in [0.15, 0.2) is 18.2 Å². The Labute approximate surface area is 165 Å². The topological polar surface area (TPSA) is 171 Å². The van der Waals surface area contributed by atoms with Crippen molar-refractivity contribution in [3.63, 3.8) is 0 Å². The number of β-lactam (4-membered cyclic amide) rings is 1. The first kappa shape index (κ1) is 20.7. The molecule has 1 aromatic carbocycles. The van der Waals surface area contributed by atoms with Gasteiger partial charge in [-0.1, -0.05) is 6.07 Å². The molecule has 2 fully saturated rings. The summed E-state index contributed by atoms with van der Waals surface area (Å²) in [5.74, 6) is -2.63.